The van der Waals surface area contributed by atoms with Gasteiger partial charge in [0.15, 0.2) is 0 Å². The van der Waals surface area contributed by atoms with Crippen LogP contribution in [0.1, 0.15) is 22.0 Å². The van der Waals surface area contributed by atoms with Gasteiger partial charge in [0.2, 0.25) is 0 Å². The SMILES string of the molecule is CN(C)C(CNC(=O)c1c[nH]c2cc(Br)c(Br)cc12)c1cccc(F)c1. The molecule has 0 spiro atoms. The number of nitrogens with one attached hydrogen (secondary N) is 2. The maximum absolute atomic E-state index is 13.5. The van der Waals surface area contributed by atoms with E-state index in [0.29, 0.717) is 12.1 Å². The first-order valence-corrected chi connectivity index (χ1v) is 9.61. The van der Waals surface area contributed by atoms with Gasteiger partial charge in [0, 0.05) is 32.6 Å². The van der Waals surface area contributed by atoms with Gasteiger partial charge in [-0.3, -0.25) is 4.79 Å². The molecule has 7 heteroatoms. The van der Waals surface area contributed by atoms with Gasteiger partial charge in [0.25, 0.3) is 5.91 Å². The van der Waals surface area contributed by atoms with Gasteiger partial charge in [-0.2, -0.15) is 0 Å². The second-order valence-electron chi connectivity index (χ2n) is 6.26. The molecule has 1 atom stereocenters. The zero-order valence-electron chi connectivity index (χ0n) is 14.3. The topological polar surface area (TPSA) is 48.1 Å². The summed E-state index contributed by atoms with van der Waals surface area (Å²) in [5.74, 6) is -0.457. The molecule has 0 aliphatic heterocycles. The van der Waals surface area contributed by atoms with E-state index >= 15 is 0 Å². The molecular weight excluding hydrogens is 465 g/mol. The standard InChI is InChI=1S/C19H18Br2FN3O/c1-25(2)18(11-4-3-5-12(22)6-11)10-24-19(26)14-9-23-17-8-16(21)15(20)7-13(14)17/h3-9,18,23H,10H2,1-2H3,(H,24,26). The van der Waals surface area contributed by atoms with Crippen molar-refractivity contribution in [1.29, 1.82) is 0 Å². The van der Waals surface area contributed by atoms with Crippen LogP contribution in [0.3, 0.4) is 0 Å². The molecule has 136 valence electrons. The summed E-state index contributed by atoms with van der Waals surface area (Å²) in [6.45, 7) is 0.375. The van der Waals surface area contributed by atoms with Crippen molar-refractivity contribution in [3.05, 3.63) is 68.5 Å². The molecule has 0 aliphatic carbocycles. The maximum atomic E-state index is 13.5. The number of H-pyrrole nitrogens is 1. The second-order valence-corrected chi connectivity index (χ2v) is 7.97. The minimum Gasteiger partial charge on any atom is -0.360 e. The summed E-state index contributed by atoms with van der Waals surface area (Å²) in [7, 11) is 3.81. The van der Waals surface area contributed by atoms with Crippen LogP contribution in [0.25, 0.3) is 10.9 Å². The van der Waals surface area contributed by atoms with Gasteiger partial charge in [0.1, 0.15) is 5.82 Å². The van der Waals surface area contributed by atoms with Crippen molar-refractivity contribution in [3.8, 4) is 0 Å². The van der Waals surface area contributed by atoms with Crippen LogP contribution in [-0.4, -0.2) is 36.4 Å². The number of carbonyl (C=O) groups excluding carboxylic acids is 1. The number of aromatic nitrogens is 1. The molecule has 0 aliphatic rings. The molecule has 1 amide bonds. The predicted molar refractivity (Wildman–Crippen MR) is 109 cm³/mol. The molecule has 3 aromatic rings. The van der Waals surface area contributed by atoms with Crippen molar-refractivity contribution < 1.29 is 9.18 Å². The number of carbonyl (C=O) groups is 1. The van der Waals surface area contributed by atoms with Gasteiger partial charge >= 0.3 is 0 Å². The van der Waals surface area contributed by atoms with E-state index < -0.39 is 0 Å². The van der Waals surface area contributed by atoms with Gasteiger partial charge in [-0.05, 0) is 75.8 Å². The molecule has 0 saturated carbocycles. The lowest BCUT2D eigenvalue weighted by atomic mass is 10.1. The first-order valence-electron chi connectivity index (χ1n) is 8.03. The zero-order valence-corrected chi connectivity index (χ0v) is 17.5. The van der Waals surface area contributed by atoms with Crippen LogP contribution in [0.5, 0.6) is 0 Å². The number of hydrogen-bond donors (Lipinski definition) is 2. The Hall–Kier alpha value is -1.70. The summed E-state index contributed by atoms with van der Waals surface area (Å²) in [5.41, 5.74) is 2.27. The van der Waals surface area contributed by atoms with E-state index in [1.54, 1.807) is 12.3 Å². The van der Waals surface area contributed by atoms with Crippen LogP contribution in [0.2, 0.25) is 0 Å². The van der Waals surface area contributed by atoms with Crippen LogP contribution in [0.15, 0.2) is 51.5 Å². The monoisotopic (exact) mass is 481 g/mol. The summed E-state index contributed by atoms with van der Waals surface area (Å²) in [6, 6.07) is 10.2. The molecule has 3 rings (SSSR count). The molecule has 4 nitrogen and oxygen atoms in total. The lowest BCUT2D eigenvalue weighted by Crippen LogP contribution is -2.34. The van der Waals surface area contributed by atoms with Crippen LogP contribution in [0.4, 0.5) is 4.39 Å². The average molecular weight is 483 g/mol. The highest BCUT2D eigenvalue weighted by atomic mass is 79.9. The number of aromatic amines is 1. The van der Waals surface area contributed by atoms with Crippen LogP contribution < -0.4 is 5.32 Å². The van der Waals surface area contributed by atoms with E-state index in [0.717, 1.165) is 25.4 Å². The highest BCUT2D eigenvalue weighted by Gasteiger charge is 2.18. The number of fused-ring (bicyclic) bond motifs is 1. The van der Waals surface area contributed by atoms with Crippen LogP contribution in [0, 0.1) is 5.82 Å². The summed E-state index contributed by atoms with van der Waals surface area (Å²) >= 11 is 6.92. The van der Waals surface area contributed by atoms with E-state index in [1.807, 2.05) is 37.2 Å². The van der Waals surface area contributed by atoms with Gasteiger partial charge in [0.05, 0.1) is 11.6 Å². The highest BCUT2D eigenvalue weighted by molar-refractivity contribution is 9.13. The quantitative estimate of drug-likeness (QED) is 0.545. The Balaban J connectivity index is 1.80. The Morgan fingerprint density at radius 2 is 1.96 bits per heavy atom. The molecule has 0 saturated heterocycles. The fraction of sp³-hybridized carbons (Fsp3) is 0.211. The summed E-state index contributed by atoms with van der Waals surface area (Å²) in [6.07, 6.45) is 1.70. The van der Waals surface area contributed by atoms with Crippen molar-refractivity contribution in [2.24, 2.45) is 0 Å². The van der Waals surface area contributed by atoms with Crippen molar-refractivity contribution in [1.82, 2.24) is 15.2 Å². The first kappa shape index (κ1) is 19.1. The lowest BCUT2D eigenvalue weighted by molar-refractivity contribution is 0.0943. The first-order chi connectivity index (χ1) is 12.4. The molecule has 2 aromatic carbocycles. The Kier molecular flexibility index (Phi) is 5.79. The third-order valence-electron chi connectivity index (χ3n) is 4.28. The van der Waals surface area contributed by atoms with Gasteiger partial charge < -0.3 is 15.2 Å². The summed E-state index contributed by atoms with van der Waals surface area (Å²) in [4.78, 5) is 17.8. The zero-order chi connectivity index (χ0) is 18.8. The number of nitrogens with zero attached hydrogens (tertiary/aromatic N) is 1. The predicted octanol–water partition coefficient (Wildman–Crippen LogP) is 4.86. The van der Waals surface area contributed by atoms with E-state index in [9.17, 15) is 9.18 Å². The molecule has 0 radical (unpaired) electrons. The highest BCUT2D eigenvalue weighted by Crippen LogP contribution is 2.30. The fourth-order valence-corrected chi connectivity index (χ4v) is 3.59. The number of rotatable bonds is 5. The molecule has 1 aromatic heterocycles. The van der Waals surface area contributed by atoms with Crippen molar-refractivity contribution in [2.75, 3.05) is 20.6 Å². The molecule has 0 bridgehead atoms. The molecule has 1 unspecified atom stereocenters. The summed E-state index contributed by atoms with van der Waals surface area (Å²) in [5, 5.41) is 3.80. The number of benzene rings is 2. The number of hydrogen-bond acceptors (Lipinski definition) is 2. The average Bonchev–Trinajstić information content (AvgIpc) is 2.98. The van der Waals surface area contributed by atoms with Crippen LogP contribution >= 0.6 is 31.9 Å². The maximum Gasteiger partial charge on any atom is 0.253 e. The largest absolute Gasteiger partial charge is 0.360 e. The molecular formula is C19H18Br2FN3O. The minimum absolute atomic E-state index is 0.124. The van der Waals surface area contributed by atoms with E-state index in [-0.39, 0.29) is 17.8 Å². The van der Waals surface area contributed by atoms with Gasteiger partial charge in [-0.1, -0.05) is 12.1 Å². The normalized spacial score (nSPS) is 12.5. The van der Waals surface area contributed by atoms with E-state index in [1.165, 1.54) is 12.1 Å². The van der Waals surface area contributed by atoms with Crippen molar-refractivity contribution in [2.45, 2.75) is 6.04 Å². The fourth-order valence-electron chi connectivity index (χ4n) is 2.90. The molecule has 1 heterocycles. The Morgan fingerprint density at radius 3 is 2.65 bits per heavy atom. The van der Waals surface area contributed by atoms with Crippen molar-refractivity contribution in [3.63, 3.8) is 0 Å². The van der Waals surface area contributed by atoms with Crippen LogP contribution in [-0.2, 0) is 0 Å². The van der Waals surface area contributed by atoms with Gasteiger partial charge in [-0.15, -0.1) is 0 Å². The van der Waals surface area contributed by atoms with E-state index in [4.69, 9.17) is 0 Å². The molecule has 2 N–H and O–H groups in total. The third-order valence-corrected chi connectivity index (χ3v) is 6.12. The minimum atomic E-state index is -0.285. The smallest absolute Gasteiger partial charge is 0.253 e. The van der Waals surface area contributed by atoms with E-state index in [2.05, 4.69) is 42.2 Å². The number of halogens is 3. The van der Waals surface area contributed by atoms with Gasteiger partial charge in [-0.25, -0.2) is 4.39 Å². The second kappa shape index (κ2) is 7.90. The number of likely N-dealkylation sites (N-methyl/N-ethyl adjacent to an activating group) is 1. The lowest BCUT2D eigenvalue weighted by Gasteiger charge is -2.25. The number of amides is 1. The molecule has 0 fully saturated rings. The Bertz CT molecular complexity index is 955. The third kappa shape index (κ3) is 4.00. The summed E-state index contributed by atoms with van der Waals surface area (Å²) < 4.78 is 15.3. The Labute approximate surface area is 168 Å². The van der Waals surface area contributed by atoms with Crippen molar-refractivity contribution >= 4 is 48.7 Å². The Morgan fingerprint density at radius 1 is 1.23 bits per heavy atom. The molecule has 26 heavy (non-hydrogen) atoms.